The molecular formula is C21H19N3O3. The molecule has 0 N–H and O–H groups in total. The molecule has 4 aromatic rings. The molecule has 0 radical (unpaired) electrons. The van der Waals surface area contributed by atoms with Gasteiger partial charge in [0.25, 0.3) is 0 Å². The lowest BCUT2D eigenvalue weighted by Crippen LogP contribution is -1.97. The van der Waals surface area contributed by atoms with E-state index in [2.05, 4.69) is 22.4 Å². The van der Waals surface area contributed by atoms with E-state index in [1.807, 2.05) is 48.7 Å². The first-order chi connectivity index (χ1) is 13.2. The molecule has 0 saturated heterocycles. The molecule has 6 nitrogen and oxygen atoms in total. The lowest BCUT2D eigenvalue weighted by atomic mass is 10.1. The summed E-state index contributed by atoms with van der Waals surface area (Å²) in [7, 11) is 4.89. The fourth-order valence-electron chi connectivity index (χ4n) is 3.00. The Morgan fingerprint density at radius 1 is 0.741 bits per heavy atom. The van der Waals surface area contributed by atoms with Crippen LogP contribution < -0.4 is 14.2 Å². The molecule has 0 aliphatic carbocycles. The van der Waals surface area contributed by atoms with Crippen molar-refractivity contribution in [3.63, 3.8) is 0 Å². The molecule has 6 heteroatoms. The highest BCUT2D eigenvalue weighted by Crippen LogP contribution is 2.30. The van der Waals surface area contributed by atoms with Crippen LogP contribution in [0.1, 0.15) is 0 Å². The third kappa shape index (κ3) is 3.17. The highest BCUT2D eigenvalue weighted by molar-refractivity contribution is 5.87. The molecule has 0 amide bonds. The normalized spacial score (nSPS) is 10.8. The summed E-state index contributed by atoms with van der Waals surface area (Å²) < 4.78 is 17.6. The van der Waals surface area contributed by atoms with Crippen LogP contribution in [0, 0.1) is 0 Å². The van der Waals surface area contributed by atoms with Crippen molar-refractivity contribution in [2.45, 2.75) is 0 Å². The fraction of sp³-hybridized carbons (Fsp3) is 0.143. The second kappa shape index (κ2) is 6.99. The van der Waals surface area contributed by atoms with E-state index in [1.54, 1.807) is 26.0 Å². The monoisotopic (exact) mass is 361 g/mol. The maximum atomic E-state index is 5.36. The first-order valence-electron chi connectivity index (χ1n) is 8.45. The molecule has 0 fully saturated rings. The van der Waals surface area contributed by atoms with Crippen molar-refractivity contribution in [1.82, 2.24) is 15.0 Å². The summed E-state index contributed by atoms with van der Waals surface area (Å²) in [6, 6.07) is 17.8. The van der Waals surface area contributed by atoms with E-state index < -0.39 is 0 Å². The summed E-state index contributed by atoms with van der Waals surface area (Å²) in [6.07, 6.45) is 1.89. The maximum Gasteiger partial charge on any atom is 0.162 e. The van der Waals surface area contributed by atoms with E-state index in [1.165, 1.54) is 0 Å². The van der Waals surface area contributed by atoms with Crippen LogP contribution in [0.4, 0.5) is 0 Å². The number of rotatable bonds is 5. The van der Waals surface area contributed by atoms with Crippen LogP contribution in [0.2, 0.25) is 0 Å². The maximum absolute atomic E-state index is 5.36. The Kier molecular flexibility index (Phi) is 4.38. The predicted octanol–water partition coefficient (Wildman–Crippen LogP) is 4.11. The molecule has 3 aromatic carbocycles. The van der Waals surface area contributed by atoms with Gasteiger partial charge in [0, 0.05) is 11.6 Å². The predicted molar refractivity (Wildman–Crippen MR) is 104 cm³/mol. The number of benzene rings is 3. The van der Waals surface area contributed by atoms with Crippen LogP contribution in [-0.4, -0.2) is 36.3 Å². The number of aromatic nitrogens is 3. The topological polar surface area (TPSA) is 58.4 Å². The van der Waals surface area contributed by atoms with Gasteiger partial charge >= 0.3 is 0 Å². The number of ether oxygens (including phenoxy) is 3. The van der Waals surface area contributed by atoms with Gasteiger partial charge in [-0.15, -0.1) is 5.10 Å². The zero-order chi connectivity index (χ0) is 18.8. The van der Waals surface area contributed by atoms with Crippen LogP contribution in [0.5, 0.6) is 17.2 Å². The van der Waals surface area contributed by atoms with Gasteiger partial charge in [-0.2, -0.15) is 0 Å². The highest BCUT2D eigenvalue weighted by atomic mass is 16.5. The Hall–Kier alpha value is -3.54. The summed E-state index contributed by atoms with van der Waals surface area (Å²) in [6.45, 7) is 0. The molecule has 136 valence electrons. The molecule has 0 saturated carbocycles. The van der Waals surface area contributed by atoms with Gasteiger partial charge in [0.15, 0.2) is 11.5 Å². The largest absolute Gasteiger partial charge is 0.497 e. The van der Waals surface area contributed by atoms with E-state index in [0.29, 0.717) is 11.5 Å². The lowest BCUT2D eigenvalue weighted by Gasteiger charge is -2.09. The van der Waals surface area contributed by atoms with Crippen LogP contribution in [0.25, 0.3) is 27.7 Å². The van der Waals surface area contributed by atoms with Crippen molar-refractivity contribution < 1.29 is 14.2 Å². The van der Waals surface area contributed by atoms with Crippen LogP contribution in [0.3, 0.4) is 0 Å². The van der Waals surface area contributed by atoms with Crippen LogP contribution in [-0.2, 0) is 0 Å². The number of nitrogens with zero attached hydrogens (tertiary/aromatic N) is 3. The van der Waals surface area contributed by atoms with E-state index in [4.69, 9.17) is 14.2 Å². The molecular weight excluding hydrogens is 342 g/mol. The minimum Gasteiger partial charge on any atom is -0.497 e. The average Bonchev–Trinajstić information content (AvgIpc) is 3.22. The van der Waals surface area contributed by atoms with Crippen molar-refractivity contribution >= 4 is 10.8 Å². The second-order valence-electron chi connectivity index (χ2n) is 6.02. The summed E-state index contributed by atoms with van der Waals surface area (Å²) in [5, 5.41) is 10.8. The summed E-state index contributed by atoms with van der Waals surface area (Å²) >= 11 is 0. The SMILES string of the molecule is COc1ccc2cc(-c3cn(-c4ccc(OC)c(OC)c4)nn3)ccc2c1. The van der Waals surface area contributed by atoms with Gasteiger partial charge < -0.3 is 14.2 Å². The minimum absolute atomic E-state index is 0.645. The van der Waals surface area contributed by atoms with Gasteiger partial charge in [0.2, 0.25) is 0 Å². The average molecular weight is 361 g/mol. The first-order valence-corrected chi connectivity index (χ1v) is 8.45. The van der Waals surface area contributed by atoms with Gasteiger partial charge in [-0.3, -0.25) is 0 Å². The molecule has 0 aliphatic heterocycles. The second-order valence-corrected chi connectivity index (χ2v) is 6.02. The van der Waals surface area contributed by atoms with Crippen molar-refractivity contribution in [2.75, 3.05) is 21.3 Å². The Balaban J connectivity index is 1.69. The van der Waals surface area contributed by atoms with Crippen molar-refractivity contribution in [3.8, 4) is 34.2 Å². The van der Waals surface area contributed by atoms with Gasteiger partial charge in [0.1, 0.15) is 11.4 Å². The Bertz CT molecular complexity index is 1100. The number of fused-ring (bicyclic) bond motifs is 1. The lowest BCUT2D eigenvalue weighted by molar-refractivity contribution is 0.354. The van der Waals surface area contributed by atoms with Crippen LogP contribution in [0.15, 0.2) is 60.8 Å². The fourth-order valence-corrected chi connectivity index (χ4v) is 3.00. The third-order valence-electron chi connectivity index (χ3n) is 4.47. The smallest absolute Gasteiger partial charge is 0.162 e. The van der Waals surface area contributed by atoms with E-state index >= 15 is 0 Å². The van der Waals surface area contributed by atoms with E-state index in [0.717, 1.165) is 33.5 Å². The van der Waals surface area contributed by atoms with Crippen molar-refractivity contribution in [2.24, 2.45) is 0 Å². The van der Waals surface area contributed by atoms with Crippen LogP contribution >= 0.6 is 0 Å². The zero-order valence-corrected chi connectivity index (χ0v) is 15.3. The molecule has 27 heavy (non-hydrogen) atoms. The number of hydrogen-bond acceptors (Lipinski definition) is 5. The van der Waals surface area contributed by atoms with Gasteiger partial charge in [-0.25, -0.2) is 4.68 Å². The third-order valence-corrected chi connectivity index (χ3v) is 4.47. The van der Waals surface area contributed by atoms with Gasteiger partial charge in [-0.1, -0.05) is 23.4 Å². The Labute approximate surface area is 156 Å². The molecule has 0 unspecified atom stereocenters. The zero-order valence-electron chi connectivity index (χ0n) is 15.3. The summed E-state index contributed by atoms with van der Waals surface area (Å²) in [5.41, 5.74) is 2.64. The molecule has 0 spiro atoms. The van der Waals surface area contributed by atoms with E-state index in [-0.39, 0.29) is 0 Å². The summed E-state index contributed by atoms with van der Waals surface area (Å²) in [4.78, 5) is 0. The number of hydrogen-bond donors (Lipinski definition) is 0. The number of methoxy groups -OCH3 is 3. The molecule has 1 aromatic heterocycles. The van der Waals surface area contributed by atoms with E-state index in [9.17, 15) is 0 Å². The Morgan fingerprint density at radius 2 is 1.52 bits per heavy atom. The summed E-state index contributed by atoms with van der Waals surface area (Å²) in [5.74, 6) is 2.16. The van der Waals surface area contributed by atoms with Gasteiger partial charge in [0.05, 0.1) is 33.2 Å². The standard InChI is InChI=1S/C21H19N3O3/c1-25-18-8-6-14-10-16(5-4-15(14)11-18)19-13-24(23-22-19)17-7-9-20(26-2)21(12-17)27-3/h4-13H,1-3H3. The van der Waals surface area contributed by atoms with Crippen molar-refractivity contribution in [3.05, 3.63) is 60.8 Å². The minimum atomic E-state index is 0.645. The highest BCUT2D eigenvalue weighted by Gasteiger charge is 2.10. The molecule has 0 atom stereocenters. The first kappa shape index (κ1) is 16.9. The quantitative estimate of drug-likeness (QED) is 0.535. The van der Waals surface area contributed by atoms with Gasteiger partial charge in [-0.05, 0) is 41.1 Å². The molecule has 0 aliphatic rings. The Morgan fingerprint density at radius 3 is 2.30 bits per heavy atom. The van der Waals surface area contributed by atoms with Crippen molar-refractivity contribution in [1.29, 1.82) is 0 Å². The molecule has 1 heterocycles. The molecule has 4 rings (SSSR count). The molecule has 0 bridgehead atoms.